The molecule has 0 saturated carbocycles. The van der Waals surface area contributed by atoms with Crippen molar-refractivity contribution in [2.45, 2.75) is 6.92 Å². The molecule has 0 unspecified atom stereocenters. The van der Waals surface area contributed by atoms with Crippen molar-refractivity contribution in [3.05, 3.63) is 77.2 Å². The summed E-state index contributed by atoms with van der Waals surface area (Å²) in [6.07, 6.45) is 4.38. The molecule has 192 valence electrons. The van der Waals surface area contributed by atoms with Crippen LogP contribution in [0.3, 0.4) is 0 Å². The van der Waals surface area contributed by atoms with Gasteiger partial charge >= 0.3 is 0 Å². The topological polar surface area (TPSA) is 103 Å². The van der Waals surface area contributed by atoms with Crippen LogP contribution in [0.4, 0.5) is 17.2 Å². The Morgan fingerprint density at radius 2 is 1.76 bits per heavy atom. The van der Waals surface area contributed by atoms with Gasteiger partial charge in [0.15, 0.2) is 5.65 Å². The molecule has 0 fully saturated rings. The molecular weight excluding hydrogens is 527 g/mol. The second kappa shape index (κ2) is 10.2. The average Bonchev–Trinajstić information content (AvgIpc) is 3.41. The van der Waals surface area contributed by atoms with Crippen molar-refractivity contribution in [2.24, 2.45) is 0 Å². The molecule has 9 nitrogen and oxygen atoms in total. The van der Waals surface area contributed by atoms with E-state index >= 15 is 0 Å². The number of aromatic nitrogens is 4. The maximum Gasteiger partial charge on any atom is 0.247 e. The normalized spacial score (nSPS) is 11.0. The zero-order chi connectivity index (χ0) is 27.0. The molecule has 1 amide bonds. The number of hydrogen-bond donors (Lipinski definition) is 2. The van der Waals surface area contributed by atoms with Gasteiger partial charge in [0.25, 0.3) is 0 Å². The lowest BCUT2D eigenvalue weighted by molar-refractivity contribution is -0.111. The number of halogens is 2. The molecule has 3 aromatic heterocycles. The number of carbonyl (C=O) groups is 1. The van der Waals surface area contributed by atoms with Crippen LogP contribution in [0.15, 0.2) is 61.6 Å². The number of ether oxygens (including phenoxy) is 2. The number of fused-ring (bicyclic) bond motifs is 3. The Morgan fingerprint density at radius 3 is 2.45 bits per heavy atom. The first-order chi connectivity index (χ1) is 18.3. The minimum Gasteiger partial charge on any atom is -0.495 e. The molecule has 5 rings (SSSR count). The Bertz CT molecular complexity index is 1710. The lowest BCUT2D eigenvalue weighted by Crippen LogP contribution is -2.09. The summed E-state index contributed by atoms with van der Waals surface area (Å²) in [6.45, 7) is 5.46. The number of nitrogens with zero attached hydrogens (tertiary/aromatic N) is 4. The summed E-state index contributed by atoms with van der Waals surface area (Å²) in [6, 6.07) is 11.0. The van der Waals surface area contributed by atoms with Gasteiger partial charge < -0.3 is 20.1 Å². The molecule has 2 N–H and O–H groups in total. The van der Waals surface area contributed by atoms with Gasteiger partial charge in [0.1, 0.15) is 23.6 Å². The number of amides is 1. The van der Waals surface area contributed by atoms with Gasteiger partial charge in [0.2, 0.25) is 5.91 Å². The van der Waals surface area contributed by atoms with E-state index in [-0.39, 0.29) is 5.91 Å². The van der Waals surface area contributed by atoms with Crippen LogP contribution in [0.2, 0.25) is 10.0 Å². The fraction of sp³-hybridized carbons (Fsp3) is 0.111. The standard InChI is InChI=1S/C27H22Cl2N6O3/c1-5-23(36)34-18-8-14(2)6-7-17(18)33-22-10-19-15(12-30-22)9-16(27-31-13-32-35(19)27)24-25(28)20(37-3)11-21(38-4)26(24)29/h5-13H,1H2,2-4H3,(H,30,33)(H,34,36). The maximum absolute atomic E-state index is 11.9. The van der Waals surface area contributed by atoms with Gasteiger partial charge in [-0.3, -0.25) is 4.79 Å². The van der Waals surface area contributed by atoms with E-state index in [1.165, 1.54) is 26.6 Å². The quantitative estimate of drug-likeness (QED) is 0.225. The van der Waals surface area contributed by atoms with Crippen LogP contribution in [0, 0.1) is 6.92 Å². The van der Waals surface area contributed by atoms with E-state index < -0.39 is 0 Å². The molecule has 0 atom stereocenters. The highest BCUT2D eigenvalue weighted by Crippen LogP contribution is 2.47. The van der Waals surface area contributed by atoms with E-state index in [2.05, 4.69) is 32.3 Å². The summed E-state index contributed by atoms with van der Waals surface area (Å²) in [5.74, 6) is 1.05. The number of benzene rings is 2. The lowest BCUT2D eigenvalue weighted by atomic mass is 10.0. The van der Waals surface area contributed by atoms with Crippen LogP contribution in [0.1, 0.15) is 5.56 Å². The third-order valence-electron chi connectivity index (χ3n) is 5.95. The Kier molecular flexibility index (Phi) is 6.79. The minimum atomic E-state index is -0.312. The Morgan fingerprint density at radius 1 is 1.03 bits per heavy atom. The van der Waals surface area contributed by atoms with Gasteiger partial charge in [-0.15, -0.1) is 0 Å². The number of hydrogen-bond acceptors (Lipinski definition) is 7. The Balaban J connectivity index is 1.64. The van der Waals surface area contributed by atoms with Crippen molar-refractivity contribution < 1.29 is 14.3 Å². The van der Waals surface area contributed by atoms with Crippen LogP contribution in [-0.4, -0.2) is 39.7 Å². The summed E-state index contributed by atoms with van der Waals surface area (Å²) < 4.78 is 12.6. The van der Waals surface area contributed by atoms with Gasteiger partial charge in [-0.25, -0.2) is 14.5 Å². The molecule has 3 heterocycles. The van der Waals surface area contributed by atoms with Crippen molar-refractivity contribution >= 4 is 62.9 Å². The molecule has 0 aliphatic rings. The van der Waals surface area contributed by atoms with Crippen LogP contribution in [0.5, 0.6) is 11.5 Å². The zero-order valence-electron chi connectivity index (χ0n) is 20.7. The first-order valence-electron chi connectivity index (χ1n) is 11.4. The zero-order valence-corrected chi connectivity index (χ0v) is 22.2. The third kappa shape index (κ3) is 4.46. The highest BCUT2D eigenvalue weighted by atomic mass is 35.5. The lowest BCUT2D eigenvalue weighted by Gasteiger charge is -2.16. The predicted octanol–water partition coefficient (Wildman–Crippen LogP) is 6.45. The second-order valence-electron chi connectivity index (χ2n) is 8.33. The number of rotatable bonds is 7. The first kappa shape index (κ1) is 25.3. The molecule has 0 aliphatic carbocycles. The first-order valence-corrected chi connectivity index (χ1v) is 12.1. The number of anilines is 3. The third-order valence-corrected chi connectivity index (χ3v) is 6.70. The molecule has 0 aliphatic heterocycles. The van der Waals surface area contributed by atoms with Crippen LogP contribution < -0.4 is 20.1 Å². The van der Waals surface area contributed by atoms with Crippen molar-refractivity contribution in [1.82, 2.24) is 19.6 Å². The van der Waals surface area contributed by atoms with E-state index in [0.717, 1.165) is 16.5 Å². The molecule has 0 spiro atoms. The summed E-state index contributed by atoms with van der Waals surface area (Å²) in [5.41, 5.74) is 4.68. The van der Waals surface area contributed by atoms with E-state index in [0.29, 0.717) is 55.5 Å². The maximum atomic E-state index is 11.9. The molecule has 38 heavy (non-hydrogen) atoms. The minimum absolute atomic E-state index is 0.312. The summed E-state index contributed by atoms with van der Waals surface area (Å²) in [7, 11) is 3.04. The molecule has 0 saturated heterocycles. The SMILES string of the molecule is C=CC(=O)Nc1cc(C)ccc1Nc1cc2c(cn1)cc(-c1c(Cl)c(OC)cc(OC)c1Cl)c1ncnn12. The summed E-state index contributed by atoms with van der Waals surface area (Å²) in [5, 5.41) is 11.9. The highest BCUT2D eigenvalue weighted by Gasteiger charge is 2.22. The van der Waals surface area contributed by atoms with Gasteiger partial charge in [0.05, 0.1) is 41.2 Å². The molecule has 11 heteroatoms. The summed E-state index contributed by atoms with van der Waals surface area (Å²) in [4.78, 5) is 21.0. The van der Waals surface area contributed by atoms with Crippen molar-refractivity contribution in [1.29, 1.82) is 0 Å². The van der Waals surface area contributed by atoms with Gasteiger partial charge in [0, 0.05) is 34.8 Å². The van der Waals surface area contributed by atoms with Crippen LogP contribution in [-0.2, 0) is 4.79 Å². The second-order valence-corrected chi connectivity index (χ2v) is 9.09. The number of aryl methyl sites for hydroxylation is 1. The monoisotopic (exact) mass is 548 g/mol. The van der Waals surface area contributed by atoms with E-state index in [9.17, 15) is 4.79 Å². The number of carbonyl (C=O) groups excluding carboxylic acids is 1. The smallest absolute Gasteiger partial charge is 0.247 e. The predicted molar refractivity (Wildman–Crippen MR) is 150 cm³/mol. The highest BCUT2D eigenvalue weighted by molar-refractivity contribution is 6.41. The van der Waals surface area contributed by atoms with Crippen LogP contribution in [0.25, 0.3) is 27.7 Å². The molecule has 2 aromatic carbocycles. The number of methoxy groups -OCH3 is 2. The fourth-order valence-electron chi connectivity index (χ4n) is 4.14. The van der Waals surface area contributed by atoms with Gasteiger partial charge in [-0.1, -0.05) is 35.8 Å². The Labute approximate surface area is 228 Å². The Hall–Kier alpha value is -4.34. The largest absolute Gasteiger partial charge is 0.495 e. The number of nitrogens with one attached hydrogen (secondary N) is 2. The van der Waals surface area contributed by atoms with Crippen molar-refractivity contribution in [3.63, 3.8) is 0 Å². The molecule has 0 radical (unpaired) electrons. The van der Waals surface area contributed by atoms with Gasteiger partial charge in [-0.05, 0) is 36.8 Å². The number of pyridine rings is 2. The van der Waals surface area contributed by atoms with E-state index in [4.69, 9.17) is 32.7 Å². The van der Waals surface area contributed by atoms with E-state index in [1.54, 1.807) is 16.8 Å². The summed E-state index contributed by atoms with van der Waals surface area (Å²) >= 11 is 13.4. The fourth-order valence-corrected chi connectivity index (χ4v) is 4.84. The van der Waals surface area contributed by atoms with E-state index in [1.807, 2.05) is 37.3 Å². The van der Waals surface area contributed by atoms with Gasteiger partial charge in [-0.2, -0.15) is 5.10 Å². The van der Waals surface area contributed by atoms with Crippen LogP contribution >= 0.6 is 23.2 Å². The van der Waals surface area contributed by atoms with Crippen molar-refractivity contribution in [2.75, 3.05) is 24.9 Å². The molecular formula is C27H22Cl2N6O3. The molecule has 5 aromatic rings. The average molecular weight is 549 g/mol. The van der Waals surface area contributed by atoms with Crippen molar-refractivity contribution in [3.8, 4) is 22.6 Å². The molecule has 0 bridgehead atoms.